The first-order valence-corrected chi connectivity index (χ1v) is 3.67. The molecule has 0 unspecified atom stereocenters. The molecule has 0 fully saturated rings. The molecule has 13 heavy (non-hydrogen) atoms. The molecule has 0 radical (unpaired) electrons. The molecule has 0 aromatic heterocycles. The van der Waals surface area contributed by atoms with Crippen molar-refractivity contribution in [3.63, 3.8) is 0 Å². The predicted molar refractivity (Wildman–Crippen MR) is 52.8 cm³/mol. The summed E-state index contributed by atoms with van der Waals surface area (Å²) in [4.78, 5) is 0. The van der Waals surface area contributed by atoms with E-state index in [1.165, 1.54) is 14.2 Å². The fourth-order valence-corrected chi connectivity index (χ4v) is 1.17. The van der Waals surface area contributed by atoms with E-state index >= 15 is 0 Å². The Morgan fingerprint density at radius 3 is 1.62 bits per heavy atom. The maximum absolute atomic E-state index is 5.70. The SMILES string of the molecule is COc1c(N)cc(N)c(OC)c1N. The van der Waals surface area contributed by atoms with Crippen molar-refractivity contribution >= 4 is 17.1 Å². The third-order valence-electron chi connectivity index (χ3n) is 1.73. The lowest BCUT2D eigenvalue weighted by molar-refractivity contribution is 0.401. The van der Waals surface area contributed by atoms with Crippen LogP contribution in [-0.4, -0.2) is 14.2 Å². The maximum atomic E-state index is 5.70. The Hall–Kier alpha value is -1.78. The van der Waals surface area contributed by atoms with E-state index in [0.717, 1.165) is 0 Å². The molecule has 0 spiro atoms. The van der Waals surface area contributed by atoms with Gasteiger partial charge in [-0.3, -0.25) is 0 Å². The molecule has 6 N–H and O–H groups in total. The standard InChI is InChI=1S/C8H13N3O2/c1-12-7-4(9)3-5(10)8(13-2)6(7)11/h3H,9-11H2,1-2H3. The van der Waals surface area contributed by atoms with E-state index < -0.39 is 0 Å². The fraction of sp³-hybridized carbons (Fsp3) is 0.250. The molecular weight excluding hydrogens is 170 g/mol. The van der Waals surface area contributed by atoms with Crippen LogP contribution in [0.25, 0.3) is 0 Å². The van der Waals surface area contributed by atoms with E-state index in [2.05, 4.69) is 0 Å². The van der Waals surface area contributed by atoms with E-state index in [1.54, 1.807) is 6.07 Å². The first kappa shape index (κ1) is 9.31. The Morgan fingerprint density at radius 2 is 1.31 bits per heavy atom. The van der Waals surface area contributed by atoms with Crippen molar-refractivity contribution in [2.45, 2.75) is 0 Å². The van der Waals surface area contributed by atoms with Gasteiger partial charge in [0.2, 0.25) is 0 Å². The second-order valence-corrected chi connectivity index (χ2v) is 2.54. The topological polar surface area (TPSA) is 96.5 Å². The average Bonchev–Trinajstić information content (AvgIpc) is 2.04. The van der Waals surface area contributed by atoms with Crippen molar-refractivity contribution in [2.24, 2.45) is 0 Å². The van der Waals surface area contributed by atoms with Crippen LogP contribution < -0.4 is 26.7 Å². The van der Waals surface area contributed by atoms with E-state index in [4.69, 9.17) is 26.7 Å². The van der Waals surface area contributed by atoms with Gasteiger partial charge in [-0.25, -0.2) is 0 Å². The molecular formula is C8H13N3O2. The molecule has 0 atom stereocenters. The zero-order valence-corrected chi connectivity index (χ0v) is 7.63. The normalized spacial score (nSPS) is 9.69. The van der Waals surface area contributed by atoms with Crippen LogP contribution >= 0.6 is 0 Å². The van der Waals surface area contributed by atoms with Crippen LogP contribution in [-0.2, 0) is 0 Å². The van der Waals surface area contributed by atoms with Crippen LogP contribution in [0.4, 0.5) is 17.1 Å². The van der Waals surface area contributed by atoms with Crippen molar-refractivity contribution in [1.29, 1.82) is 0 Å². The molecule has 0 saturated carbocycles. The van der Waals surface area contributed by atoms with Crippen molar-refractivity contribution in [3.8, 4) is 11.5 Å². The molecule has 0 aliphatic carbocycles. The van der Waals surface area contributed by atoms with Gasteiger partial charge in [-0.05, 0) is 6.07 Å². The quantitative estimate of drug-likeness (QED) is 0.578. The largest absolute Gasteiger partial charge is 0.492 e. The summed E-state index contributed by atoms with van der Waals surface area (Å²) >= 11 is 0. The average molecular weight is 183 g/mol. The smallest absolute Gasteiger partial charge is 0.168 e. The lowest BCUT2D eigenvalue weighted by Crippen LogP contribution is -2.03. The molecule has 1 aromatic rings. The molecule has 1 aromatic carbocycles. The first-order valence-electron chi connectivity index (χ1n) is 3.67. The third kappa shape index (κ3) is 1.40. The summed E-state index contributed by atoms with van der Waals surface area (Å²) < 4.78 is 9.98. The van der Waals surface area contributed by atoms with Gasteiger partial charge in [0.05, 0.1) is 25.6 Å². The number of hydrogen-bond acceptors (Lipinski definition) is 5. The second kappa shape index (κ2) is 3.30. The van der Waals surface area contributed by atoms with Gasteiger partial charge in [0.1, 0.15) is 5.69 Å². The van der Waals surface area contributed by atoms with Gasteiger partial charge in [-0.15, -0.1) is 0 Å². The monoisotopic (exact) mass is 183 g/mol. The Kier molecular flexibility index (Phi) is 2.36. The molecule has 0 aliphatic rings. The van der Waals surface area contributed by atoms with E-state index in [9.17, 15) is 0 Å². The van der Waals surface area contributed by atoms with Crippen molar-refractivity contribution in [1.82, 2.24) is 0 Å². The molecule has 5 heteroatoms. The van der Waals surface area contributed by atoms with Gasteiger partial charge in [0, 0.05) is 0 Å². The van der Waals surface area contributed by atoms with E-state index in [-0.39, 0.29) is 0 Å². The molecule has 0 amide bonds. The minimum absolute atomic E-state index is 0.322. The Labute approximate surface area is 76.4 Å². The fourth-order valence-electron chi connectivity index (χ4n) is 1.17. The second-order valence-electron chi connectivity index (χ2n) is 2.54. The summed E-state index contributed by atoms with van der Waals surface area (Å²) in [5.74, 6) is 0.789. The van der Waals surface area contributed by atoms with Gasteiger partial charge in [0.15, 0.2) is 11.5 Å². The zero-order chi connectivity index (χ0) is 10.0. The number of nitrogen functional groups attached to an aromatic ring is 3. The van der Waals surface area contributed by atoms with Gasteiger partial charge < -0.3 is 26.7 Å². The van der Waals surface area contributed by atoms with Crippen LogP contribution in [0.5, 0.6) is 11.5 Å². The number of benzene rings is 1. The predicted octanol–water partition coefficient (Wildman–Crippen LogP) is 0.450. The molecule has 0 bridgehead atoms. The summed E-state index contributed by atoms with van der Waals surface area (Å²) in [7, 11) is 2.97. The van der Waals surface area contributed by atoms with Gasteiger partial charge in [-0.1, -0.05) is 0 Å². The number of methoxy groups -OCH3 is 2. The summed E-state index contributed by atoms with van der Waals surface area (Å²) in [6, 6.07) is 1.55. The molecule has 0 heterocycles. The van der Waals surface area contributed by atoms with Crippen molar-refractivity contribution in [3.05, 3.63) is 6.07 Å². The van der Waals surface area contributed by atoms with E-state index in [0.29, 0.717) is 28.6 Å². The Bertz CT molecular complexity index is 297. The molecule has 0 aliphatic heterocycles. The molecule has 5 nitrogen and oxygen atoms in total. The van der Waals surface area contributed by atoms with Crippen LogP contribution in [0.3, 0.4) is 0 Å². The number of rotatable bonds is 2. The van der Waals surface area contributed by atoms with E-state index in [1.807, 2.05) is 0 Å². The number of anilines is 3. The molecule has 0 saturated heterocycles. The lowest BCUT2D eigenvalue weighted by Gasteiger charge is -2.13. The highest BCUT2D eigenvalue weighted by molar-refractivity contribution is 5.81. The lowest BCUT2D eigenvalue weighted by atomic mass is 10.2. The van der Waals surface area contributed by atoms with Crippen LogP contribution in [0.2, 0.25) is 0 Å². The van der Waals surface area contributed by atoms with Crippen molar-refractivity contribution < 1.29 is 9.47 Å². The highest BCUT2D eigenvalue weighted by Gasteiger charge is 2.13. The van der Waals surface area contributed by atoms with Crippen molar-refractivity contribution in [2.75, 3.05) is 31.4 Å². The summed E-state index contributed by atoms with van der Waals surface area (Å²) in [6.45, 7) is 0. The van der Waals surface area contributed by atoms with Gasteiger partial charge in [-0.2, -0.15) is 0 Å². The highest BCUT2D eigenvalue weighted by Crippen LogP contribution is 2.41. The van der Waals surface area contributed by atoms with Crippen LogP contribution in [0, 0.1) is 0 Å². The van der Waals surface area contributed by atoms with Gasteiger partial charge in [0.25, 0.3) is 0 Å². The number of hydrogen-bond donors (Lipinski definition) is 3. The minimum Gasteiger partial charge on any atom is -0.492 e. The third-order valence-corrected chi connectivity index (χ3v) is 1.73. The van der Waals surface area contributed by atoms with Crippen LogP contribution in [0.15, 0.2) is 6.07 Å². The van der Waals surface area contributed by atoms with Gasteiger partial charge >= 0.3 is 0 Å². The summed E-state index contributed by atoms with van der Waals surface area (Å²) in [5, 5.41) is 0. The summed E-state index contributed by atoms with van der Waals surface area (Å²) in [6.07, 6.45) is 0. The minimum atomic E-state index is 0.322. The Morgan fingerprint density at radius 1 is 0.923 bits per heavy atom. The highest BCUT2D eigenvalue weighted by atomic mass is 16.5. The number of ether oxygens (including phenoxy) is 2. The number of nitrogens with two attached hydrogens (primary N) is 3. The summed E-state index contributed by atoms with van der Waals surface area (Å²) in [5.41, 5.74) is 18.1. The van der Waals surface area contributed by atoms with Crippen LogP contribution in [0.1, 0.15) is 0 Å². The maximum Gasteiger partial charge on any atom is 0.168 e. The molecule has 1 rings (SSSR count). The molecule has 72 valence electrons. The Balaban J connectivity index is 3.39. The first-order chi connectivity index (χ1) is 6.11. The zero-order valence-electron chi connectivity index (χ0n) is 7.63.